The van der Waals surface area contributed by atoms with E-state index in [9.17, 15) is 13.6 Å². The van der Waals surface area contributed by atoms with Crippen LogP contribution in [0.4, 0.5) is 14.7 Å². The van der Waals surface area contributed by atoms with Crippen LogP contribution in [0, 0.1) is 11.6 Å². The molecule has 3 rings (SSSR count). The van der Waals surface area contributed by atoms with Gasteiger partial charge in [0.25, 0.3) is 0 Å². The van der Waals surface area contributed by atoms with Gasteiger partial charge in [-0.05, 0) is 43.9 Å². The molecular weight excluding hydrogens is 340 g/mol. The lowest BCUT2D eigenvalue weighted by atomic mass is 9.72. The van der Waals surface area contributed by atoms with Gasteiger partial charge in [0.05, 0.1) is 17.7 Å². The van der Waals surface area contributed by atoms with Crippen molar-refractivity contribution in [1.29, 1.82) is 0 Å². The number of hydrogen-bond donors (Lipinski definition) is 1. The van der Waals surface area contributed by atoms with Crippen molar-refractivity contribution in [3.05, 3.63) is 53.4 Å². The molecule has 140 valence electrons. The number of hydrogen-bond acceptors (Lipinski definition) is 5. The molecule has 0 aliphatic heterocycles. The van der Waals surface area contributed by atoms with Gasteiger partial charge in [-0.25, -0.2) is 23.5 Å². The van der Waals surface area contributed by atoms with Gasteiger partial charge in [-0.3, -0.25) is 0 Å². The third-order valence-electron chi connectivity index (χ3n) is 4.19. The Morgan fingerprint density at radius 1 is 1.19 bits per heavy atom. The Hall–Kier alpha value is -2.57. The van der Waals surface area contributed by atoms with Crippen LogP contribution in [0.25, 0.3) is 0 Å². The molecule has 0 saturated heterocycles. The first-order chi connectivity index (χ1) is 12.5. The summed E-state index contributed by atoms with van der Waals surface area (Å²) in [4.78, 5) is 19.8. The number of anilines is 1. The number of halogens is 2. The van der Waals surface area contributed by atoms with E-state index in [-0.39, 0.29) is 12.2 Å². The van der Waals surface area contributed by atoms with Crippen LogP contribution in [-0.2, 0) is 10.3 Å². The van der Waals surface area contributed by atoms with Gasteiger partial charge in [-0.2, -0.15) is 0 Å². The van der Waals surface area contributed by atoms with Crippen LogP contribution in [0.2, 0.25) is 0 Å². The molecule has 0 amide bonds. The molecule has 1 saturated carbocycles. The van der Waals surface area contributed by atoms with Crippen LogP contribution in [0.1, 0.15) is 56.0 Å². The van der Waals surface area contributed by atoms with Gasteiger partial charge in [-0.15, -0.1) is 0 Å². The first-order valence-electron chi connectivity index (χ1n) is 8.77. The molecule has 5 nitrogen and oxygen atoms in total. The molecule has 0 unspecified atom stereocenters. The minimum Gasteiger partial charge on any atom is -0.462 e. The highest BCUT2D eigenvalue weighted by Crippen LogP contribution is 2.43. The van der Waals surface area contributed by atoms with Gasteiger partial charge in [0, 0.05) is 12.4 Å². The highest BCUT2D eigenvalue weighted by molar-refractivity contribution is 5.88. The van der Waals surface area contributed by atoms with E-state index in [1.165, 1.54) is 18.5 Å². The van der Waals surface area contributed by atoms with Crippen LogP contribution in [0.15, 0.2) is 30.6 Å². The average molecular weight is 363 g/mol. The fraction of sp³-hybridized carbons (Fsp3) is 0.421. The van der Waals surface area contributed by atoms with Crippen LogP contribution >= 0.6 is 0 Å². The molecular formula is C19H23F2N3O2. The lowest BCUT2D eigenvalue weighted by Gasteiger charge is -2.43. The van der Waals surface area contributed by atoms with Crippen LogP contribution < -0.4 is 5.32 Å². The van der Waals surface area contributed by atoms with Crippen molar-refractivity contribution in [2.75, 3.05) is 11.9 Å². The van der Waals surface area contributed by atoms with Crippen LogP contribution in [-0.4, -0.2) is 22.5 Å². The average Bonchev–Trinajstić information content (AvgIpc) is 2.63. The Kier molecular flexibility index (Phi) is 6.60. The first kappa shape index (κ1) is 19.8. The maximum atomic E-state index is 13.5. The second kappa shape index (κ2) is 8.69. The van der Waals surface area contributed by atoms with Crippen LogP contribution in [0.5, 0.6) is 0 Å². The van der Waals surface area contributed by atoms with E-state index in [4.69, 9.17) is 4.74 Å². The Balaban J connectivity index is 0.00000117. The van der Waals surface area contributed by atoms with Gasteiger partial charge in [0.2, 0.25) is 5.95 Å². The zero-order valence-electron chi connectivity index (χ0n) is 15.2. The Morgan fingerprint density at radius 2 is 1.85 bits per heavy atom. The summed E-state index contributed by atoms with van der Waals surface area (Å²) in [6.45, 7) is 5.99. The predicted octanol–water partition coefficient (Wildman–Crippen LogP) is 4.45. The third kappa shape index (κ3) is 4.15. The number of nitrogens with one attached hydrogen (secondary N) is 1. The number of carbonyl (C=O) groups excluding carboxylic acids is 1. The minimum absolute atomic E-state index is 0.262. The fourth-order valence-electron chi connectivity index (χ4n) is 2.74. The topological polar surface area (TPSA) is 64.1 Å². The van der Waals surface area contributed by atoms with Crippen molar-refractivity contribution < 1.29 is 18.3 Å². The van der Waals surface area contributed by atoms with E-state index in [1.807, 2.05) is 13.8 Å². The van der Waals surface area contributed by atoms with Crippen LogP contribution in [0.3, 0.4) is 0 Å². The van der Waals surface area contributed by atoms with Gasteiger partial charge in [0.15, 0.2) is 11.6 Å². The SMILES string of the molecule is CC.CCOC(=O)c1cnc(NC2(c3ccc(F)c(F)c3)CCC2)nc1. The maximum absolute atomic E-state index is 13.5. The molecule has 1 fully saturated rings. The van der Waals surface area contributed by atoms with Gasteiger partial charge in [-0.1, -0.05) is 19.9 Å². The number of nitrogens with zero attached hydrogens (tertiary/aromatic N) is 2. The highest BCUT2D eigenvalue weighted by Gasteiger charge is 2.39. The summed E-state index contributed by atoms with van der Waals surface area (Å²) >= 11 is 0. The largest absolute Gasteiger partial charge is 0.462 e. The number of carbonyl (C=O) groups is 1. The monoisotopic (exact) mass is 363 g/mol. The van der Waals surface area contributed by atoms with E-state index in [0.717, 1.165) is 25.3 Å². The molecule has 26 heavy (non-hydrogen) atoms. The van der Waals surface area contributed by atoms with Crippen molar-refractivity contribution in [2.24, 2.45) is 0 Å². The molecule has 1 heterocycles. The van der Waals surface area contributed by atoms with Crippen molar-refractivity contribution in [1.82, 2.24) is 9.97 Å². The Morgan fingerprint density at radius 3 is 2.35 bits per heavy atom. The zero-order chi connectivity index (χ0) is 19.2. The quantitative estimate of drug-likeness (QED) is 0.795. The number of ether oxygens (including phenoxy) is 1. The summed E-state index contributed by atoms with van der Waals surface area (Å²) in [5, 5.41) is 3.19. The molecule has 2 aromatic rings. The summed E-state index contributed by atoms with van der Waals surface area (Å²) in [5.74, 6) is -1.90. The Labute approximate surface area is 151 Å². The molecule has 1 N–H and O–H groups in total. The molecule has 1 aliphatic carbocycles. The van der Waals surface area contributed by atoms with E-state index in [0.29, 0.717) is 11.5 Å². The van der Waals surface area contributed by atoms with E-state index in [2.05, 4.69) is 15.3 Å². The molecule has 0 bridgehead atoms. The second-order valence-electron chi connectivity index (χ2n) is 5.71. The predicted molar refractivity (Wildman–Crippen MR) is 94.8 cm³/mol. The van der Waals surface area contributed by atoms with Gasteiger partial charge < -0.3 is 10.1 Å². The lowest BCUT2D eigenvalue weighted by molar-refractivity contribution is 0.0525. The molecule has 1 aromatic heterocycles. The third-order valence-corrected chi connectivity index (χ3v) is 4.19. The number of rotatable bonds is 5. The Bertz CT molecular complexity index is 747. The number of benzene rings is 1. The summed E-state index contributed by atoms with van der Waals surface area (Å²) in [6, 6.07) is 3.89. The maximum Gasteiger partial charge on any atom is 0.341 e. The smallest absolute Gasteiger partial charge is 0.341 e. The second-order valence-corrected chi connectivity index (χ2v) is 5.71. The molecule has 0 spiro atoms. The first-order valence-corrected chi connectivity index (χ1v) is 8.77. The number of esters is 1. The van der Waals surface area contributed by atoms with Gasteiger partial charge in [0.1, 0.15) is 0 Å². The van der Waals surface area contributed by atoms with Gasteiger partial charge >= 0.3 is 5.97 Å². The lowest BCUT2D eigenvalue weighted by Crippen LogP contribution is -2.42. The highest BCUT2D eigenvalue weighted by atomic mass is 19.2. The van der Waals surface area contributed by atoms with E-state index >= 15 is 0 Å². The molecule has 1 aliphatic rings. The molecule has 7 heteroatoms. The fourth-order valence-corrected chi connectivity index (χ4v) is 2.74. The summed E-state index contributed by atoms with van der Waals surface area (Å²) in [6.07, 6.45) is 5.25. The summed E-state index contributed by atoms with van der Waals surface area (Å²) in [5.41, 5.74) is 0.406. The zero-order valence-corrected chi connectivity index (χ0v) is 15.2. The van der Waals surface area contributed by atoms with Crippen molar-refractivity contribution in [2.45, 2.75) is 45.6 Å². The van der Waals surface area contributed by atoms with Crippen molar-refractivity contribution >= 4 is 11.9 Å². The summed E-state index contributed by atoms with van der Waals surface area (Å²) in [7, 11) is 0. The minimum atomic E-state index is -0.876. The molecule has 0 radical (unpaired) electrons. The summed E-state index contributed by atoms with van der Waals surface area (Å²) < 4.78 is 31.6. The van der Waals surface area contributed by atoms with Crippen molar-refractivity contribution in [3.8, 4) is 0 Å². The number of aromatic nitrogens is 2. The standard InChI is InChI=1S/C17H17F2N3O2.C2H6/c1-2-24-15(23)11-9-20-16(21-10-11)22-17(6-3-7-17)12-4-5-13(18)14(19)8-12;1-2/h4-5,8-10H,2-3,6-7H2,1H3,(H,20,21,22);1-2H3. The van der Waals surface area contributed by atoms with E-state index < -0.39 is 23.1 Å². The van der Waals surface area contributed by atoms with E-state index in [1.54, 1.807) is 13.0 Å². The van der Waals surface area contributed by atoms with Crippen molar-refractivity contribution in [3.63, 3.8) is 0 Å². The molecule has 0 atom stereocenters. The normalized spacial score (nSPS) is 14.5. The molecule has 1 aromatic carbocycles.